The van der Waals surface area contributed by atoms with Crippen molar-refractivity contribution in [2.75, 3.05) is 4.72 Å². The van der Waals surface area contributed by atoms with Gasteiger partial charge in [-0.25, -0.2) is 13.8 Å². The van der Waals surface area contributed by atoms with Crippen LogP contribution in [0.25, 0.3) is 0 Å². The second kappa shape index (κ2) is 9.49. The molecule has 0 saturated heterocycles. The number of nitrogens with one attached hydrogen (secondary N) is 2. The van der Waals surface area contributed by atoms with Crippen LogP contribution >= 0.6 is 34.8 Å². The molecule has 3 aromatic rings. The molecule has 0 unspecified atom stereocenters. The fraction of sp³-hybridized carbons (Fsp3) is 0. The molecular weight excluding hydrogens is 469 g/mol. The standard InChI is InChI=1S/C20H14Cl3N3O3S/c21-15-6-8-17(9-7-15)26-30(28,29)18-3-1-2-13(10-18)20(27)25-24-12-14-4-5-16(22)11-19(14)23/h1-12,26H,(H,25,27)/b24-12-. The number of amides is 1. The minimum absolute atomic E-state index is 0.0742. The van der Waals surface area contributed by atoms with Crippen LogP contribution in [0.1, 0.15) is 15.9 Å². The van der Waals surface area contributed by atoms with Crippen molar-refractivity contribution < 1.29 is 13.2 Å². The predicted molar refractivity (Wildman–Crippen MR) is 120 cm³/mol. The van der Waals surface area contributed by atoms with Gasteiger partial charge in [-0.05, 0) is 54.6 Å². The number of hydrazone groups is 1. The summed E-state index contributed by atoms with van der Waals surface area (Å²) in [6, 6.07) is 16.6. The third kappa shape index (κ3) is 5.73. The zero-order valence-electron chi connectivity index (χ0n) is 15.1. The maximum Gasteiger partial charge on any atom is 0.271 e. The van der Waals surface area contributed by atoms with E-state index in [1.165, 1.54) is 42.6 Å². The minimum atomic E-state index is -3.90. The van der Waals surface area contributed by atoms with Crippen molar-refractivity contribution in [1.82, 2.24) is 5.43 Å². The second-order valence-corrected chi connectivity index (χ2v) is 8.97. The van der Waals surface area contributed by atoms with Gasteiger partial charge in [-0.3, -0.25) is 9.52 Å². The van der Waals surface area contributed by atoms with Crippen LogP contribution in [0.4, 0.5) is 5.69 Å². The fourth-order valence-electron chi connectivity index (χ4n) is 2.37. The van der Waals surface area contributed by atoms with E-state index in [9.17, 15) is 13.2 Å². The van der Waals surface area contributed by atoms with E-state index in [2.05, 4.69) is 15.2 Å². The molecule has 0 radical (unpaired) electrons. The quantitative estimate of drug-likeness (QED) is 0.373. The van der Waals surface area contributed by atoms with E-state index in [-0.39, 0.29) is 10.5 Å². The molecule has 0 fully saturated rings. The van der Waals surface area contributed by atoms with E-state index in [4.69, 9.17) is 34.8 Å². The van der Waals surface area contributed by atoms with Gasteiger partial charge in [-0.15, -0.1) is 0 Å². The lowest BCUT2D eigenvalue weighted by Crippen LogP contribution is -2.19. The number of halogens is 3. The Morgan fingerprint density at radius 3 is 2.30 bits per heavy atom. The van der Waals surface area contributed by atoms with Crippen molar-refractivity contribution in [2.45, 2.75) is 4.90 Å². The summed E-state index contributed by atoms with van der Waals surface area (Å²) in [5.41, 5.74) is 3.36. The monoisotopic (exact) mass is 481 g/mol. The first-order valence-electron chi connectivity index (χ1n) is 8.41. The van der Waals surface area contributed by atoms with Crippen LogP contribution < -0.4 is 10.1 Å². The van der Waals surface area contributed by atoms with Crippen molar-refractivity contribution in [1.29, 1.82) is 0 Å². The van der Waals surface area contributed by atoms with Gasteiger partial charge in [0.15, 0.2) is 0 Å². The van der Waals surface area contributed by atoms with Crippen LogP contribution in [0, 0.1) is 0 Å². The summed E-state index contributed by atoms with van der Waals surface area (Å²) in [6.07, 6.45) is 1.36. The van der Waals surface area contributed by atoms with Crippen molar-refractivity contribution in [3.05, 3.63) is 92.9 Å². The van der Waals surface area contributed by atoms with Gasteiger partial charge in [0.2, 0.25) is 0 Å². The highest BCUT2D eigenvalue weighted by Crippen LogP contribution is 2.20. The number of rotatable bonds is 6. The first kappa shape index (κ1) is 22.1. The number of hydrogen-bond acceptors (Lipinski definition) is 4. The molecule has 0 spiro atoms. The third-order valence-electron chi connectivity index (χ3n) is 3.84. The topological polar surface area (TPSA) is 87.6 Å². The molecule has 0 aliphatic heterocycles. The number of nitrogens with zero attached hydrogens (tertiary/aromatic N) is 1. The number of hydrogen-bond donors (Lipinski definition) is 2. The average Bonchev–Trinajstić information content (AvgIpc) is 2.71. The predicted octanol–water partition coefficient (Wildman–Crippen LogP) is 5.21. The maximum absolute atomic E-state index is 12.6. The fourth-order valence-corrected chi connectivity index (χ4v) is 4.06. The molecule has 1 amide bonds. The SMILES string of the molecule is O=C(N/N=C\c1ccc(Cl)cc1Cl)c1cccc(S(=O)(=O)Nc2ccc(Cl)cc2)c1. The average molecular weight is 483 g/mol. The minimum Gasteiger partial charge on any atom is -0.280 e. The van der Waals surface area contributed by atoms with Crippen molar-refractivity contribution in [2.24, 2.45) is 5.10 Å². The Bertz CT molecular complexity index is 1210. The molecule has 30 heavy (non-hydrogen) atoms. The molecule has 0 atom stereocenters. The Morgan fingerprint density at radius 2 is 1.60 bits per heavy atom. The Labute approximate surface area is 188 Å². The molecule has 0 saturated carbocycles. The van der Waals surface area contributed by atoms with Gasteiger partial charge >= 0.3 is 0 Å². The molecule has 6 nitrogen and oxygen atoms in total. The zero-order chi connectivity index (χ0) is 21.7. The molecule has 0 bridgehead atoms. The Morgan fingerprint density at radius 1 is 0.900 bits per heavy atom. The van der Waals surface area contributed by atoms with Crippen LogP contribution in [-0.4, -0.2) is 20.5 Å². The van der Waals surface area contributed by atoms with Gasteiger partial charge in [0.1, 0.15) is 0 Å². The molecule has 0 heterocycles. The van der Waals surface area contributed by atoms with Crippen LogP contribution in [0.15, 0.2) is 76.7 Å². The summed E-state index contributed by atoms with van der Waals surface area (Å²) in [7, 11) is -3.90. The lowest BCUT2D eigenvalue weighted by Gasteiger charge is -2.09. The van der Waals surface area contributed by atoms with Gasteiger partial charge in [-0.1, -0.05) is 46.9 Å². The third-order valence-corrected chi connectivity index (χ3v) is 6.03. The van der Waals surface area contributed by atoms with E-state index in [0.29, 0.717) is 26.3 Å². The molecule has 0 aliphatic carbocycles. The van der Waals surface area contributed by atoms with Crippen LogP contribution in [0.3, 0.4) is 0 Å². The van der Waals surface area contributed by atoms with Gasteiger partial charge in [0, 0.05) is 26.9 Å². The Kier molecular flexibility index (Phi) is 6.99. The summed E-state index contributed by atoms with van der Waals surface area (Å²) in [6.45, 7) is 0. The number of carbonyl (C=O) groups is 1. The summed E-state index contributed by atoms with van der Waals surface area (Å²) in [5, 5.41) is 5.18. The van der Waals surface area contributed by atoms with Crippen LogP contribution in [-0.2, 0) is 10.0 Å². The number of sulfonamides is 1. The van der Waals surface area contributed by atoms with E-state index in [0.717, 1.165) is 0 Å². The molecule has 10 heteroatoms. The second-order valence-electron chi connectivity index (χ2n) is 6.01. The normalized spacial score (nSPS) is 11.4. The molecular formula is C20H14Cl3N3O3S. The summed E-state index contributed by atoms with van der Waals surface area (Å²) >= 11 is 17.7. The zero-order valence-corrected chi connectivity index (χ0v) is 18.2. The Hall–Kier alpha value is -2.58. The van der Waals surface area contributed by atoms with Gasteiger partial charge in [-0.2, -0.15) is 5.10 Å². The summed E-state index contributed by atoms with van der Waals surface area (Å²) in [4.78, 5) is 12.3. The molecule has 0 aliphatic rings. The van der Waals surface area contributed by atoms with Crippen molar-refractivity contribution >= 4 is 62.6 Å². The lowest BCUT2D eigenvalue weighted by atomic mass is 10.2. The number of anilines is 1. The van der Waals surface area contributed by atoms with Crippen LogP contribution in [0.5, 0.6) is 0 Å². The van der Waals surface area contributed by atoms with E-state index in [1.54, 1.807) is 30.3 Å². The highest BCUT2D eigenvalue weighted by Gasteiger charge is 2.16. The molecule has 3 aromatic carbocycles. The maximum atomic E-state index is 12.6. The van der Waals surface area contributed by atoms with Gasteiger partial charge in [0.05, 0.1) is 16.1 Å². The smallest absolute Gasteiger partial charge is 0.271 e. The number of benzene rings is 3. The van der Waals surface area contributed by atoms with Crippen molar-refractivity contribution in [3.8, 4) is 0 Å². The molecule has 2 N–H and O–H groups in total. The first-order valence-corrected chi connectivity index (χ1v) is 11.0. The first-order chi connectivity index (χ1) is 14.2. The van der Waals surface area contributed by atoms with Crippen LogP contribution in [0.2, 0.25) is 15.1 Å². The highest BCUT2D eigenvalue weighted by atomic mass is 35.5. The van der Waals surface area contributed by atoms with E-state index >= 15 is 0 Å². The van der Waals surface area contributed by atoms with Gasteiger partial charge < -0.3 is 0 Å². The summed E-state index contributed by atoms with van der Waals surface area (Å²) < 4.78 is 27.6. The summed E-state index contributed by atoms with van der Waals surface area (Å²) in [5.74, 6) is -0.583. The van der Waals surface area contributed by atoms with Gasteiger partial charge in [0.25, 0.3) is 15.9 Å². The van der Waals surface area contributed by atoms with Crippen molar-refractivity contribution in [3.63, 3.8) is 0 Å². The molecule has 154 valence electrons. The lowest BCUT2D eigenvalue weighted by molar-refractivity contribution is 0.0955. The molecule has 0 aromatic heterocycles. The van der Waals surface area contributed by atoms with E-state index in [1.807, 2.05) is 0 Å². The highest BCUT2D eigenvalue weighted by molar-refractivity contribution is 7.92. The Balaban J connectivity index is 1.73. The largest absolute Gasteiger partial charge is 0.280 e. The molecule has 3 rings (SSSR count). The van der Waals surface area contributed by atoms with E-state index < -0.39 is 15.9 Å². The number of carbonyl (C=O) groups excluding carboxylic acids is 1.